The zero-order valence-corrected chi connectivity index (χ0v) is 13.5. The Morgan fingerprint density at radius 2 is 2.23 bits per heavy atom. The van der Waals surface area contributed by atoms with Crippen molar-refractivity contribution in [3.8, 4) is 0 Å². The molecule has 1 aliphatic rings. The van der Waals surface area contributed by atoms with E-state index in [4.69, 9.17) is 4.74 Å². The molecule has 1 saturated heterocycles. The highest BCUT2D eigenvalue weighted by Crippen LogP contribution is 2.17. The summed E-state index contributed by atoms with van der Waals surface area (Å²) in [5.41, 5.74) is 0.133. The molecule has 1 unspecified atom stereocenters. The molecule has 0 saturated carbocycles. The van der Waals surface area contributed by atoms with Gasteiger partial charge in [-0.2, -0.15) is 0 Å². The first kappa shape index (κ1) is 16.5. The molecule has 2 heterocycles. The van der Waals surface area contributed by atoms with Gasteiger partial charge in [-0.1, -0.05) is 0 Å². The van der Waals surface area contributed by atoms with Crippen molar-refractivity contribution in [1.29, 1.82) is 0 Å². The molecule has 22 heavy (non-hydrogen) atoms. The van der Waals surface area contributed by atoms with E-state index in [-0.39, 0.29) is 11.8 Å². The normalized spacial score (nSPS) is 19.1. The minimum atomic E-state index is -0.497. The lowest BCUT2D eigenvalue weighted by Gasteiger charge is -2.25. The molecular weight excluding hydrogens is 282 g/mol. The van der Waals surface area contributed by atoms with Crippen molar-refractivity contribution in [2.75, 3.05) is 19.6 Å². The molecule has 0 spiro atoms. The first-order chi connectivity index (χ1) is 10.3. The standard InChI is InChI=1S/C16H25N3O3/c1-16(2,3)22-15(21)18-10-12-6-5-9-19(12)11-14(20)13-7-4-8-17-13/h4,7-8,12,17H,5-6,9-11H2,1-3H3,(H,18,21). The van der Waals surface area contributed by atoms with Crippen molar-refractivity contribution in [2.24, 2.45) is 0 Å². The maximum Gasteiger partial charge on any atom is 0.407 e. The summed E-state index contributed by atoms with van der Waals surface area (Å²) < 4.78 is 5.23. The Labute approximate surface area is 131 Å². The molecule has 1 aromatic heterocycles. The zero-order valence-electron chi connectivity index (χ0n) is 13.5. The van der Waals surface area contributed by atoms with E-state index >= 15 is 0 Å². The van der Waals surface area contributed by atoms with E-state index in [0.29, 0.717) is 18.8 Å². The molecule has 2 rings (SSSR count). The highest BCUT2D eigenvalue weighted by molar-refractivity contribution is 5.95. The molecule has 1 amide bonds. The van der Waals surface area contributed by atoms with Gasteiger partial charge in [0.1, 0.15) is 5.60 Å². The predicted molar refractivity (Wildman–Crippen MR) is 84.0 cm³/mol. The lowest BCUT2D eigenvalue weighted by Crippen LogP contribution is -2.43. The first-order valence-electron chi connectivity index (χ1n) is 7.72. The fourth-order valence-electron chi connectivity index (χ4n) is 2.62. The van der Waals surface area contributed by atoms with Crippen LogP contribution in [0.5, 0.6) is 0 Å². The predicted octanol–water partition coefficient (Wildman–Crippen LogP) is 2.19. The van der Waals surface area contributed by atoms with Gasteiger partial charge >= 0.3 is 6.09 Å². The number of aromatic nitrogens is 1. The van der Waals surface area contributed by atoms with Crippen LogP contribution in [-0.2, 0) is 4.74 Å². The van der Waals surface area contributed by atoms with Crippen molar-refractivity contribution in [3.05, 3.63) is 24.0 Å². The molecule has 122 valence electrons. The third kappa shape index (κ3) is 4.87. The second kappa shape index (κ2) is 6.96. The lowest BCUT2D eigenvalue weighted by atomic mass is 10.2. The highest BCUT2D eigenvalue weighted by Gasteiger charge is 2.27. The monoisotopic (exact) mass is 307 g/mol. The van der Waals surface area contributed by atoms with Gasteiger partial charge in [0.25, 0.3) is 0 Å². The number of amides is 1. The average molecular weight is 307 g/mol. The number of likely N-dealkylation sites (tertiary alicyclic amines) is 1. The molecule has 1 aliphatic heterocycles. The van der Waals surface area contributed by atoms with Crippen LogP contribution in [0.4, 0.5) is 4.79 Å². The third-order valence-corrected chi connectivity index (χ3v) is 3.63. The molecule has 6 heteroatoms. The van der Waals surface area contributed by atoms with Gasteiger partial charge in [-0.3, -0.25) is 9.69 Å². The Bertz CT molecular complexity index is 505. The van der Waals surface area contributed by atoms with Crippen molar-refractivity contribution < 1.29 is 14.3 Å². The van der Waals surface area contributed by atoms with E-state index in [0.717, 1.165) is 19.4 Å². The topological polar surface area (TPSA) is 74.4 Å². The fraction of sp³-hybridized carbons (Fsp3) is 0.625. The van der Waals surface area contributed by atoms with E-state index in [1.165, 1.54) is 0 Å². The van der Waals surface area contributed by atoms with Crippen LogP contribution in [0, 0.1) is 0 Å². The number of hydrogen-bond acceptors (Lipinski definition) is 4. The van der Waals surface area contributed by atoms with Crippen LogP contribution in [0.3, 0.4) is 0 Å². The Balaban J connectivity index is 1.81. The van der Waals surface area contributed by atoms with Crippen molar-refractivity contribution >= 4 is 11.9 Å². The van der Waals surface area contributed by atoms with Gasteiger partial charge in [-0.05, 0) is 52.3 Å². The number of H-pyrrole nitrogens is 1. The van der Waals surface area contributed by atoms with Gasteiger partial charge in [0.05, 0.1) is 12.2 Å². The smallest absolute Gasteiger partial charge is 0.407 e. The fourth-order valence-corrected chi connectivity index (χ4v) is 2.62. The Hall–Kier alpha value is -1.82. The van der Waals surface area contributed by atoms with Crippen LogP contribution in [0.15, 0.2) is 18.3 Å². The quantitative estimate of drug-likeness (QED) is 0.818. The Kier molecular flexibility index (Phi) is 5.24. The van der Waals surface area contributed by atoms with Crippen molar-refractivity contribution in [1.82, 2.24) is 15.2 Å². The van der Waals surface area contributed by atoms with Crippen LogP contribution >= 0.6 is 0 Å². The molecule has 0 radical (unpaired) electrons. The number of aromatic amines is 1. The van der Waals surface area contributed by atoms with Crippen LogP contribution in [-0.4, -0.2) is 53.0 Å². The Morgan fingerprint density at radius 1 is 1.45 bits per heavy atom. The number of rotatable bonds is 5. The van der Waals surface area contributed by atoms with Crippen molar-refractivity contribution in [3.63, 3.8) is 0 Å². The van der Waals surface area contributed by atoms with E-state index in [1.54, 1.807) is 12.3 Å². The minimum absolute atomic E-state index is 0.0779. The van der Waals surface area contributed by atoms with E-state index in [1.807, 2.05) is 26.8 Å². The number of ketones is 1. The molecule has 1 atom stereocenters. The van der Waals surface area contributed by atoms with Crippen LogP contribution in [0.25, 0.3) is 0 Å². The number of Topliss-reactive ketones (excluding diaryl/α,β-unsaturated/α-hetero) is 1. The zero-order chi connectivity index (χ0) is 16.2. The SMILES string of the molecule is CC(C)(C)OC(=O)NCC1CCCN1CC(=O)c1ccc[nH]1. The summed E-state index contributed by atoms with van der Waals surface area (Å²) in [6.07, 6.45) is 3.36. The van der Waals surface area contributed by atoms with Crippen LogP contribution in [0.1, 0.15) is 44.1 Å². The maximum absolute atomic E-state index is 12.1. The molecular formula is C16H25N3O3. The number of nitrogens with zero attached hydrogens (tertiary/aromatic N) is 1. The molecule has 0 aliphatic carbocycles. The lowest BCUT2D eigenvalue weighted by molar-refractivity contribution is 0.0514. The Morgan fingerprint density at radius 3 is 2.86 bits per heavy atom. The van der Waals surface area contributed by atoms with Crippen LogP contribution in [0.2, 0.25) is 0 Å². The number of carbonyl (C=O) groups excluding carboxylic acids is 2. The highest BCUT2D eigenvalue weighted by atomic mass is 16.6. The molecule has 2 N–H and O–H groups in total. The number of hydrogen-bond donors (Lipinski definition) is 2. The number of ether oxygens (including phenoxy) is 1. The molecule has 1 aromatic rings. The number of alkyl carbamates (subject to hydrolysis) is 1. The average Bonchev–Trinajstić information content (AvgIpc) is 3.05. The molecule has 0 aromatic carbocycles. The summed E-state index contributed by atoms with van der Waals surface area (Å²) >= 11 is 0. The summed E-state index contributed by atoms with van der Waals surface area (Å²) in [7, 11) is 0. The van der Waals surface area contributed by atoms with Gasteiger partial charge in [0, 0.05) is 18.8 Å². The van der Waals surface area contributed by atoms with Gasteiger partial charge in [0.2, 0.25) is 0 Å². The van der Waals surface area contributed by atoms with E-state index in [2.05, 4.69) is 15.2 Å². The van der Waals surface area contributed by atoms with Gasteiger partial charge in [-0.25, -0.2) is 4.79 Å². The summed E-state index contributed by atoms with van der Waals surface area (Å²) in [6, 6.07) is 3.79. The van der Waals surface area contributed by atoms with Crippen molar-refractivity contribution in [2.45, 2.75) is 45.3 Å². The van der Waals surface area contributed by atoms with Crippen LogP contribution < -0.4 is 5.32 Å². The molecule has 0 bridgehead atoms. The van der Waals surface area contributed by atoms with Gasteiger partial charge in [0.15, 0.2) is 5.78 Å². The second-order valence-electron chi connectivity index (χ2n) is 6.66. The second-order valence-corrected chi connectivity index (χ2v) is 6.66. The van der Waals surface area contributed by atoms with Gasteiger partial charge < -0.3 is 15.0 Å². The summed E-state index contributed by atoms with van der Waals surface area (Å²) in [5.74, 6) is 0.0779. The molecule has 6 nitrogen and oxygen atoms in total. The number of carbonyl (C=O) groups is 2. The molecule has 1 fully saturated rings. The number of nitrogens with one attached hydrogen (secondary N) is 2. The maximum atomic E-state index is 12.1. The summed E-state index contributed by atoms with van der Waals surface area (Å²) in [4.78, 5) is 28.9. The minimum Gasteiger partial charge on any atom is -0.444 e. The van der Waals surface area contributed by atoms with Gasteiger partial charge in [-0.15, -0.1) is 0 Å². The third-order valence-electron chi connectivity index (χ3n) is 3.63. The summed E-state index contributed by atoms with van der Waals surface area (Å²) in [5, 5.41) is 2.80. The van der Waals surface area contributed by atoms with E-state index in [9.17, 15) is 9.59 Å². The largest absolute Gasteiger partial charge is 0.444 e. The first-order valence-corrected chi connectivity index (χ1v) is 7.72. The summed E-state index contributed by atoms with van der Waals surface area (Å²) in [6.45, 7) is 7.28. The van der Waals surface area contributed by atoms with E-state index < -0.39 is 11.7 Å².